The number of carbonyl (C=O) groups is 2. The highest BCUT2D eigenvalue weighted by atomic mass is 35.5. The fourth-order valence-corrected chi connectivity index (χ4v) is 3.00. The first kappa shape index (κ1) is 18.2. The molecule has 0 N–H and O–H groups in total. The van der Waals surface area contributed by atoms with Crippen LogP contribution in [0, 0.1) is 5.82 Å². The summed E-state index contributed by atoms with van der Waals surface area (Å²) in [5, 5.41) is 0.397. The van der Waals surface area contributed by atoms with Crippen LogP contribution in [0.25, 0.3) is 0 Å². The predicted octanol–water partition coefficient (Wildman–Crippen LogP) is 3.97. The lowest BCUT2D eigenvalue weighted by molar-refractivity contribution is -0.117. The fraction of sp³-hybridized carbons (Fsp3) is 0.263. The van der Waals surface area contributed by atoms with Crippen LogP contribution in [0.1, 0.15) is 28.8 Å². The monoisotopic (exact) mass is 377 g/mol. The number of methoxy groups -OCH3 is 1. The molecule has 1 aliphatic heterocycles. The van der Waals surface area contributed by atoms with Crippen LogP contribution in [-0.4, -0.2) is 25.5 Å². The highest BCUT2D eigenvalue weighted by Crippen LogP contribution is 2.30. The van der Waals surface area contributed by atoms with Crippen LogP contribution in [0.4, 0.5) is 10.1 Å². The number of anilines is 1. The third kappa shape index (κ3) is 3.80. The van der Waals surface area contributed by atoms with Gasteiger partial charge in [-0.2, -0.15) is 0 Å². The second-order valence-corrected chi connectivity index (χ2v) is 6.27. The molecule has 0 radical (unpaired) electrons. The Morgan fingerprint density at radius 2 is 2.08 bits per heavy atom. The molecule has 136 valence electrons. The Hall–Kier alpha value is -2.60. The second kappa shape index (κ2) is 7.74. The van der Waals surface area contributed by atoms with Crippen molar-refractivity contribution in [1.29, 1.82) is 0 Å². The molecule has 0 aliphatic carbocycles. The Morgan fingerprint density at radius 1 is 1.27 bits per heavy atom. The Kier molecular flexibility index (Phi) is 5.42. The largest absolute Gasteiger partial charge is 0.494 e. The SMILES string of the molecule is COc1ccc(COC(=O)c2ccc(Cl)c(N3CCCC3=O)c2)cc1F. The number of rotatable bonds is 5. The van der Waals surface area contributed by atoms with Crippen molar-refractivity contribution in [3.05, 3.63) is 58.4 Å². The molecule has 1 aliphatic rings. The van der Waals surface area contributed by atoms with Crippen LogP contribution in [0.3, 0.4) is 0 Å². The summed E-state index contributed by atoms with van der Waals surface area (Å²) in [6.45, 7) is 0.489. The molecule has 1 saturated heterocycles. The molecular weight excluding hydrogens is 361 g/mol. The first-order valence-corrected chi connectivity index (χ1v) is 8.47. The normalized spacial score (nSPS) is 13.8. The molecule has 5 nitrogen and oxygen atoms in total. The van der Waals surface area contributed by atoms with E-state index in [1.165, 1.54) is 25.3 Å². The van der Waals surface area contributed by atoms with E-state index in [1.807, 2.05) is 0 Å². The Morgan fingerprint density at radius 3 is 2.73 bits per heavy atom. The van der Waals surface area contributed by atoms with Gasteiger partial charge < -0.3 is 14.4 Å². The first-order chi connectivity index (χ1) is 12.5. The topological polar surface area (TPSA) is 55.8 Å². The lowest BCUT2D eigenvalue weighted by atomic mass is 10.2. The van der Waals surface area contributed by atoms with Gasteiger partial charge in [-0.25, -0.2) is 9.18 Å². The van der Waals surface area contributed by atoms with E-state index in [4.69, 9.17) is 21.1 Å². The van der Waals surface area contributed by atoms with Crippen molar-refractivity contribution < 1.29 is 23.5 Å². The van der Waals surface area contributed by atoms with Crippen molar-refractivity contribution in [3.8, 4) is 5.75 Å². The maximum atomic E-state index is 13.7. The standard InChI is InChI=1S/C19H17ClFNO4/c1-25-17-7-4-12(9-15(17)21)11-26-19(24)13-5-6-14(20)16(10-13)22-8-2-3-18(22)23/h4-7,9-10H,2-3,8,11H2,1H3. The van der Waals surface area contributed by atoms with E-state index >= 15 is 0 Å². The average molecular weight is 378 g/mol. The molecule has 0 saturated carbocycles. The van der Waals surface area contributed by atoms with Gasteiger partial charge in [-0.05, 0) is 42.3 Å². The van der Waals surface area contributed by atoms with E-state index in [-0.39, 0.29) is 23.8 Å². The number of hydrogen-bond donors (Lipinski definition) is 0. The maximum Gasteiger partial charge on any atom is 0.338 e. The molecule has 7 heteroatoms. The zero-order valence-electron chi connectivity index (χ0n) is 14.1. The molecule has 0 atom stereocenters. The minimum Gasteiger partial charge on any atom is -0.494 e. The number of amides is 1. The van der Waals surface area contributed by atoms with Crippen LogP contribution < -0.4 is 9.64 Å². The van der Waals surface area contributed by atoms with Gasteiger partial charge in [-0.3, -0.25) is 4.79 Å². The summed E-state index contributed by atoms with van der Waals surface area (Å²) in [6.07, 6.45) is 1.22. The summed E-state index contributed by atoms with van der Waals surface area (Å²) in [7, 11) is 1.38. The van der Waals surface area contributed by atoms with Gasteiger partial charge in [0.1, 0.15) is 6.61 Å². The fourth-order valence-electron chi connectivity index (χ4n) is 2.78. The lowest BCUT2D eigenvalue weighted by Gasteiger charge is -2.18. The number of halogens is 2. The highest BCUT2D eigenvalue weighted by molar-refractivity contribution is 6.34. The number of ether oxygens (including phenoxy) is 2. The van der Waals surface area contributed by atoms with Gasteiger partial charge in [0.2, 0.25) is 5.91 Å². The molecule has 2 aromatic rings. The maximum absolute atomic E-state index is 13.7. The van der Waals surface area contributed by atoms with Crippen molar-refractivity contribution in [2.45, 2.75) is 19.4 Å². The Labute approximate surface area is 155 Å². The summed E-state index contributed by atoms with van der Waals surface area (Å²) in [6, 6.07) is 8.98. The van der Waals surface area contributed by atoms with Gasteiger partial charge in [-0.1, -0.05) is 17.7 Å². The lowest BCUT2D eigenvalue weighted by Crippen LogP contribution is -2.24. The van der Waals surface area contributed by atoms with Crippen molar-refractivity contribution in [2.24, 2.45) is 0 Å². The van der Waals surface area contributed by atoms with E-state index < -0.39 is 11.8 Å². The zero-order valence-corrected chi connectivity index (χ0v) is 14.9. The summed E-state index contributed by atoms with van der Waals surface area (Å²) < 4.78 is 23.8. The van der Waals surface area contributed by atoms with Crippen molar-refractivity contribution in [3.63, 3.8) is 0 Å². The van der Waals surface area contributed by atoms with Crippen LogP contribution in [-0.2, 0) is 16.1 Å². The molecule has 0 aromatic heterocycles. The van der Waals surface area contributed by atoms with Gasteiger partial charge in [0.15, 0.2) is 11.6 Å². The molecule has 1 fully saturated rings. The Bertz CT molecular complexity index is 855. The summed E-state index contributed by atoms with van der Waals surface area (Å²) >= 11 is 6.17. The quantitative estimate of drug-likeness (QED) is 0.740. The van der Waals surface area contributed by atoms with Crippen molar-refractivity contribution in [2.75, 3.05) is 18.6 Å². The van der Waals surface area contributed by atoms with Crippen LogP contribution in [0.2, 0.25) is 5.02 Å². The van der Waals surface area contributed by atoms with E-state index in [2.05, 4.69) is 0 Å². The number of esters is 1. The van der Waals surface area contributed by atoms with Gasteiger partial charge >= 0.3 is 5.97 Å². The van der Waals surface area contributed by atoms with Crippen molar-refractivity contribution >= 4 is 29.2 Å². The van der Waals surface area contributed by atoms with Crippen LogP contribution >= 0.6 is 11.6 Å². The second-order valence-electron chi connectivity index (χ2n) is 5.86. The van der Waals surface area contributed by atoms with Gasteiger partial charge in [-0.15, -0.1) is 0 Å². The summed E-state index contributed by atoms with van der Waals surface area (Å²) in [5.41, 5.74) is 1.28. The third-order valence-corrected chi connectivity index (χ3v) is 4.45. The van der Waals surface area contributed by atoms with E-state index in [1.54, 1.807) is 23.1 Å². The summed E-state index contributed by atoms with van der Waals surface area (Å²) in [5.74, 6) is -1.00. The molecule has 0 unspecified atom stereocenters. The van der Waals surface area contributed by atoms with Gasteiger partial charge in [0.25, 0.3) is 0 Å². The van der Waals surface area contributed by atoms with E-state index in [0.29, 0.717) is 29.2 Å². The molecule has 2 aromatic carbocycles. The number of benzene rings is 2. The summed E-state index contributed by atoms with van der Waals surface area (Å²) in [4.78, 5) is 25.8. The molecule has 0 bridgehead atoms. The Balaban J connectivity index is 1.72. The predicted molar refractivity (Wildman–Crippen MR) is 95.1 cm³/mol. The molecular formula is C19H17ClFNO4. The number of hydrogen-bond acceptors (Lipinski definition) is 4. The van der Waals surface area contributed by atoms with Gasteiger partial charge in [0.05, 0.1) is 23.4 Å². The minimum absolute atomic E-state index is 0.0221. The van der Waals surface area contributed by atoms with E-state index in [0.717, 1.165) is 6.42 Å². The molecule has 1 heterocycles. The van der Waals surface area contributed by atoms with Gasteiger partial charge in [0, 0.05) is 13.0 Å². The molecule has 1 amide bonds. The third-order valence-electron chi connectivity index (χ3n) is 4.13. The molecule has 0 spiro atoms. The molecule has 3 rings (SSSR count). The number of carbonyl (C=O) groups excluding carboxylic acids is 2. The average Bonchev–Trinajstić information content (AvgIpc) is 3.06. The van der Waals surface area contributed by atoms with Crippen LogP contribution in [0.5, 0.6) is 5.75 Å². The minimum atomic E-state index is -0.578. The van der Waals surface area contributed by atoms with E-state index in [9.17, 15) is 14.0 Å². The number of nitrogens with zero attached hydrogens (tertiary/aromatic N) is 1. The highest BCUT2D eigenvalue weighted by Gasteiger charge is 2.24. The molecule has 26 heavy (non-hydrogen) atoms. The first-order valence-electron chi connectivity index (χ1n) is 8.09. The smallest absolute Gasteiger partial charge is 0.338 e. The van der Waals surface area contributed by atoms with Crippen LogP contribution in [0.15, 0.2) is 36.4 Å². The van der Waals surface area contributed by atoms with Crippen molar-refractivity contribution in [1.82, 2.24) is 0 Å². The zero-order chi connectivity index (χ0) is 18.7.